The molecule has 0 aliphatic carbocycles. The Bertz CT molecular complexity index is 987. The first-order chi connectivity index (χ1) is 13.8. The third-order valence-electron chi connectivity index (χ3n) is 5.04. The SMILES string of the molecule is C=C(NCc1ccc(F)cc1)c1nc2n(c(=O)c1O)CCN(CC(=O)NC)C2C. The molecule has 3 N–H and O–H groups in total. The van der Waals surface area contributed by atoms with Crippen LogP contribution in [-0.2, 0) is 17.9 Å². The Labute approximate surface area is 167 Å². The highest BCUT2D eigenvalue weighted by Gasteiger charge is 2.30. The summed E-state index contributed by atoms with van der Waals surface area (Å²) in [5.41, 5.74) is 0.618. The van der Waals surface area contributed by atoms with Crippen LogP contribution in [0, 0.1) is 5.82 Å². The molecule has 0 spiro atoms. The molecule has 0 radical (unpaired) electrons. The Morgan fingerprint density at radius 1 is 1.34 bits per heavy atom. The monoisotopic (exact) mass is 401 g/mol. The largest absolute Gasteiger partial charge is 0.501 e. The molecule has 1 atom stereocenters. The van der Waals surface area contributed by atoms with E-state index in [9.17, 15) is 19.1 Å². The van der Waals surface area contributed by atoms with Gasteiger partial charge in [-0.1, -0.05) is 18.7 Å². The van der Waals surface area contributed by atoms with Gasteiger partial charge in [-0.25, -0.2) is 9.37 Å². The second-order valence-electron chi connectivity index (χ2n) is 6.90. The first kappa shape index (κ1) is 20.5. The Hall–Kier alpha value is -3.20. The van der Waals surface area contributed by atoms with Gasteiger partial charge in [0.1, 0.15) is 17.3 Å². The van der Waals surface area contributed by atoms with Crippen LogP contribution in [0.15, 0.2) is 35.6 Å². The predicted molar refractivity (Wildman–Crippen MR) is 106 cm³/mol. The van der Waals surface area contributed by atoms with Crippen molar-refractivity contribution in [3.05, 3.63) is 64.1 Å². The first-order valence-corrected chi connectivity index (χ1v) is 9.27. The van der Waals surface area contributed by atoms with Crippen molar-refractivity contribution in [3.63, 3.8) is 0 Å². The molecule has 8 nitrogen and oxygen atoms in total. The Kier molecular flexibility index (Phi) is 5.97. The summed E-state index contributed by atoms with van der Waals surface area (Å²) >= 11 is 0. The van der Waals surface area contributed by atoms with Gasteiger partial charge in [-0.15, -0.1) is 0 Å². The van der Waals surface area contributed by atoms with Gasteiger partial charge >= 0.3 is 0 Å². The van der Waals surface area contributed by atoms with Gasteiger partial charge in [-0.2, -0.15) is 0 Å². The number of hydrogen-bond acceptors (Lipinski definition) is 6. The molecule has 0 saturated heterocycles. The normalized spacial score (nSPS) is 16.2. The second-order valence-corrected chi connectivity index (χ2v) is 6.90. The van der Waals surface area contributed by atoms with Gasteiger partial charge in [-0.05, 0) is 24.6 Å². The summed E-state index contributed by atoms with van der Waals surface area (Å²) in [5, 5.41) is 16.0. The Morgan fingerprint density at radius 3 is 2.69 bits per heavy atom. The van der Waals surface area contributed by atoms with E-state index in [0.717, 1.165) is 5.56 Å². The fraction of sp³-hybridized carbons (Fsp3) is 0.350. The summed E-state index contributed by atoms with van der Waals surface area (Å²) in [4.78, 5) is 30.8. The van der Waals surface area contributed by atoms with Crippen LogP contribution in [-0.4, -0.2) is 45.6 Å². The van der Waals surface area contributed by atoms with E-state index in [4.69, 9.17) is 0 Å². The van der Waals surface area contributed by atoms with Crippen molar-refractivity contribution >= 4 is 11.6 Å². The molecule has 9 heteroatoms. The lowest BCUT2D eigenvalue weighted by Crippen LogP contribution is -2.46. The number of fused-ring (bicyclic) bond motifs is 1. The van der Waals surface area contributed by atoms with Crippen LogP contribution in [0.2, 0.25) is 0 Å². The lowest BCUT2D eigenvalue weighted by Gasteiger charge is -2.34. The number of carbonyl (C=O) groups is 1. The van der Waals surface area contributed by atoms with Gasteiger partial charge in [-0.3, -0.25) is 19.1 Å². The zero-order valence-corrected chi connectivity index (χ0v) is 16.4. The first-order valence-electron chi connectivity index (χ1n) is 9.27. The van der Waals surface area contributed by atoms with Crippen molar-refractivity contribution in [3.8, 4) is 5.75 Å². The number of carbonyl (C=O) groups excluding carboxylic acids is 1. The molecule has 2 aromatic rings. The van der Waals surface area contributed by atoms with E-state index in [2.05, 4.69) is 22.2 Å². The molecule has 3 rings (SSSR count). The zero-order valence-electron chi connectivity index (χ0n) is 16.4. The van der Waals surface area contributed by atoms with E-state index in [1.807, 2.05) is 11.8 Å². The topological polar surface area (TPSA) is 99.5 Å². The van der Waals surface area contributed by atoms with Crippen molar-refractivity contribution in [1.29, 1.82) is 0 Å². The molecule has 154 valence electrons. The molecule has 1 aliphatic rings. The lowest BCUT2D eigenvalue weighted by atomic mass is 10.1. The van der Waals surface area contributed by atoms with Gasteiger partial charge in [0.15, 0.2) is 0 Å². The van der Waals surface area contributed by atoms with Crippen molar-refractivity contribution in [2.24, 2.45) is 0 Å². The maximum absolute atomic E-state index is 13.0. The number of rotatable bonds is 6. The fourth-order valence-electron chi connectivity index (χ4n) is 3.27. The van der Waals surface area contributed by atoms with Gasteiger partial charge in [0.25, 0.3) is 5.56 Å². The molecule has 1 aliphatic heterocycles. The molecule has 0 saturated carbocycles. The van der Waals surface area contributed by atoms with Gasteiger partial charge < -0.3 is 15.7 Å². The predicted octanol–water partition coefficient (Wildman–Crippen LogP) is 0.971. The molecule has 1 amide bonds. The van der Waals surface area contributed by atoms with Crippen molar-refractivity contribution < 1.29 is 14.3 Å². The van der Waals surface area contributed by atoms with Crippen LogP contribution in [0.1, 0.15) is 30.0 Å². The standard InChI is InChI=1S/C20H24FN5O3/c1-12(23-10-14-4-6-15(21)7-5-14)17-18(28)20(29)26-9-8-25(11-16(27)22-3)13(2)19(26)24-17/h4-7,13,23,28H,1,8-11H2,2-3H3,(H,22,27). The van der Waals surface area contributed by atoms with Crippen molar-refractivity contribution in [1.82, 2.24) is 25.1 Å². The summed E-state index contributed by atoms with van der Waals surface area (Å²) in [5.74, 6) is -0.470. The van der Waals surface area contributed by atoms with E-state index in [0.29, 0.717) is 25.5 Å². The number of amides is 1. The highest BCUT2D eigenvalue weighted by Crippen LogP contribution is 2.26. The summed E-state index contributed by atoms with van der Waals surface area (Å²) in [6, 6.07) is 5.66. The van der Waals surface area contributed by atoms with Crippen molar-refractivity contribution in [2.45, 2.75) is 26.1 Å². The number of nitrogens with one attached hydrogen (secondary N) is 2. The molecular formula is C20H24FN5O3. The van der Waals surface area contributed by atoms with E-state index in [1.54, 1.807) is 19.2 Å². The second kappa shape index (κ2) is 8.44. The van der Waals surface area contributed by atoms with Crippen LogP contribution >= 0.6 is 0 Å². The average molecular weight is 401 g/mol. The van der Waals surface area contributed by atoms with E-state index >= 15 is 0 Å². The third kappa shape index (κ3) is 4.29. The minimum Gasteiger partial charge on any atom is -0.501 e. The zero-order chi connectivity index (χ0) is 21.1. The minimum absolute atomic E-state index is 0.0667. The highest BCUT2D eigenvalue weighted by molar-refractivity contribution is 5.77. The van der Waals surface area contributed by atoms with Gasteiger partial charge in [0.05, 0.1) is 18.3 Å². The maximum Gasteiger partial charge on any atom is 0.296 e. The quantitative estimate of drug-likeness (QED) is 0.667. The van der Waals surface area contributed by atoms with E-state index in [-0.39, 0.29) is 35.7 Å². The molecule has 1 aromatic heterocycles. The molecule has 2 heterocycles. The average Bonchev–Trinajstić information content (AvgIpc) is 2.71. The smallest absolute Gasteiger partial charge is 0.296 e. The van der Waals surface area contributed by atoms with Gasteiger partial charge in [0.2, 0.25) is 11.7 Å². The van der Waals surface area contributed by atoms with Gasteiger partial charge in [0, 0.05) is 26.7 Å². The number of hydrogen-bond donors (Lipinski definition) is 3. The number of aromatic nitrogens is 2. The summed E-state index contributed by atoms with van der Waals surface area (Å²) < 4.78 is 14.5. The number of halogens is 1. The third-order valence-corrected chi connectivity index (χ3v) is 5.04. The summed E-state index contributed by atoms with van der Waals surface area (Å²) in [6.07, 6.45) is 0. The molecule has 29 heavy (non-hydrogen) atoms. The summed E-state index contributed by atoms with van der Waals surface area (Å²) in [6.45, 7) is 7.07. The maximum atomic E-state index is 13.0. The fourth-order valence-corrected chi connectivity index (χ4v) is 3.27. The van der Waals surface area contributed by atoms with Crippen LogP contribution in [0.4, 0.5) is 4.39 Å². The van der Waals surface area contributed by atoms with E-state index < -0.39 is 11.3 Å². The molecule has 1 unspecified atom stereocenters. The molecule has 1 aromatic carbocycles. The number of likely N-dealkylation sites (N-methyl/N-ethyl adjacent to an activating group) is 1. The molecule has 0 fully saturated rings. The number of nitrogens with zero attached hydrogens (tertiary/aromatic N) is 3. The highest BCUT2D eigenvalue weighted by atomic mass is 19.1. The Balaban J connectivity index is 1.84. The Morgan fingerprint density at radius 2 is 2.03 bits per heavy atom. The van der Waals surface area contributed by atoms with E-state index in [1.165, 1.54) is 16.7 Å². The number of aromatic hydroxyl groups is 1. The van der Waals surface area contributed by atoms with Crippen LogP contribution in [0.3, 0.4) is 0 Å². The van der Waals surface area contributed by atoms with Crippen LogP contribution in [0.5, 0.6) is 5.75 Å². The van der Waals surface area contributed by atoms with Crippen LogP contribution < -0.4 is 16.2 Å². The van der Waals surface area contributed by atoms with Crippen LogP contribution in [0.25, 0.3) is 5.70 Å². The minimum atomic E-state index is -0.541. The summed E-state index contributed by atoms with van der Waals surface area (Å²) in [7, 11) is 1.57. The number of benzene rings is 1. The van der Waals surface area contributed by atoms with Crippen molar-refractivity contribution in [2.75, 3.05) is 20.1 Å². The molecule has 0 bridgehead atoms. The molecular weight excluding hydrogens is 377 g/mol. The lowest BCUT2D eigenvalue weighted by molar-refractivity contribution is -0.122.